The Morgan fingerprint density at radius 1 is 1.41 bits per heavy atom. The summed E-state index contributed by atoms with van der Waals surface area (Å²) < 4.78 is 0. The highest BCUT2D eigenvalue weighted by Crippen LogP contribution is 2.13. The van der Waals surface area contributed by atoms with E-state index in [2.05, 4.69) is 10.5 Å². The molecule has 0 saturated heterocycles. The molecule has 0 spiro atoms. The molecule has 0 aliphatic carbocycles. The van der Waals surface area contributed by atoms with Crippen molar-refractivity contribution in [1.82, 2.24) is 5.43 Å². The van der Waals surface area contributed by atoms with Gasteiger partial charge in [-0.05, 0) is 36.9 Å². The average molecular weight is 264 g/mol. The van der Waals surface area contributed by atoms with Gasteiger partial charge in [0.1, 0.15) is 0 Å². The molecule has 1 amide bonds. The first kappa shape index (κ1) is 12.0. The van der Waals surface area contributed by atoms with E-state index in [1.807, 2.05) is 36.7 Å². The molecule has 0 aliphatic heterocycles. The predicted molar refractivity (Wildman–Crippen MR) is 73.2 cm³/mol. The molecule has 2 heterocycles. The number of nitrogens with zero attached hydrogens (tertiary/aromatic N) is 1. The van der Waals surface area contributed by atoms with Gasteiger partial charge in [-0.2, -0.15) is 5.10 Å². The Bertz CT molecular complexity index is 554. The van der Waals surface area contributed by atoms with Gasteiger partial charge in [0.2, 0.25) is 0 Å². The molecule has 0 atom stereocenters. The molecule has 0 radical (unpaired) electrons. The number of carbonyl (C=O) groups excluding carboxylic acids is 1. The molecule has 2 rings (SSSR count). The smallest absolute Gasteiger partial charge is 0.267 e. The van der Waals surface area contributed by atoms with E-state index in [0.29, 0.717) is 5.56 Å². The highest BCUT2D eigenvalue weighted by Gasteiger charge is 2.05. The zero-order chi connectivity index (χ0) is 12.3. The summed E-state index contributed by atoms with van der Waals surface area (Å²) in [6.45, 7) is 3.99. The molecule has 2 aromatic heterocycles. The first-order chi connectivity index (χ1) is 8.16. The van der Waals surface area contributed by atoms with Crippen LogP contribution in [0.25, 0.3) is 0 Å². The van der Waals surface area contributed by atoms with E-state index in [1.54, 1.807) is 28.9 Å². The number of carbonyl (C=O) groups is 1. The first-order valence-corrected chi connectivity index (χ1v) is 6.85. The molecule has 5 heteroatoms. The van der Waals surface area contributed by atoms with Gasteiger partial charge in [-0.3, -0.25) is 4.79 Å². The zero-order valence-electron chi connectivity index (χ0n) is 9.56. The molecule has 2 aromatic rings. The molecule has 17 heavy (non-hydrogen) atoms. The van der Waals surface area contributed by atoms with Crippen LogP contribution in [0, 0.1) is 13.8 Å². The molecule has 0 fully saturated rings. The fourth-order valence-electron chi connectivity index (χ4n) is 1.29. The zero-order valence-corrected chi connectivity index (χ0v) is 11.2. The Labute approximate surface area is 108 Å². The van der Waals surface area contributed by atoms with Crippen molar-refractivity contribution in [3.63, 3.8) is 0 Å². The van der Waals surface area contributed by atoms with Gasteiger partial charge in [0.15, 0.2) is 0 Å². The number of nitrogens with one attached hydrogen (secondary N) is 1. The van der Waals surface area contributed by atoms with Gasteiger partial charge in [-0.15, -0.1) is 22.7 Å². The highest BCUT2D eigenvalue weighted by atomic mass is 32.1. The Morgan fingerprint density at radius 2 is 2.24 bits per heavy atom. The van der Waals surface area contributed by atoms with E-state index < -0.39 is 0 Å². The summed E-state index contributed by atoms with van der Waals surface area (Å²) in [5.41, 5.74) is 4.35. The lowest BCUT2D eigenvalue weighted by Crippen LogP contribution is -2.16. The van der Waals surface area contributed by atoms with E-state index in [-0.39, 0.29) is 5.91 Å². The topological polar surface area (TPSA) is 41.5 Å². The van der Waals surface area contributed by atoms with Crippen LogP contribution in [0.5, 0.6) is 0 Å². The lowest BCUT2D eigenvalue weighted by Gasteiger charge is -1.95. The minimum Gasteiger partial charge on any atom is -0.267 e. The minimum atomic E-state index is -0.167. The molecular weight excluding hydrogens is 252 g/mol. The van der Waals surface area contributed by atoms with Gasteiger partial charge in [0, 0.05) is 15.1 Å². The maximum absolute atomic E-state index is 11.7. The third-order valence-electron chi connectivity index (χ3n) is 2.24. The van der Waals surface area contributed by atoms with Crippen LogP contribution in [0.2, 0.25) is 0 Å². The second kappa shape index (κ2) is 5.25. The monoisotopic (exact) mass is 264 g/mol. The number of thiophene rings is 2. The number of hydrazone groups is 1. The second-order valence-corrected chi connectivity index (χ2v) is 5.68. The number of aryl methyl sites for hydroxylation is 2. The molecule has 88 valence electrons. The largest absolute Gasteiger partial charge is 0.272 e. The summed E-state index contributed by atoms with van der Waals surface area (Å²) >= 11 is 3.16. The third-order valence-corrected chi connectivity index (χ3v) is 4.06. The summed E-state index contributed by atoms with van der Waals surface area (Å²) in [6.07, 6.45) is 1.68. The van der Waals surface area contributed by atoms with Crippen LogP contribution in [0.15, 0.2) is 28.0 Å². The molecule has 0 bridgehead atoms. The number of amides is 1. The van der Waals surface area contributed by atoms with Crippen LogP contribution in [0.3, 0.4) is 0 Å². The summed E-state index contributed by atoms with van der Waals surface area (Å²) in [5, 5.41) is 7.78. The number of hydrogen-bond acceptors (Lipinski definition) is 4. The summed E-state index contributed by atoms with van der Waals surface area (Å²) in [5.74, 6) is -0.167. The summed E-state index contributed by atoms with van der Waals surface area (Å²) in [7, 11) is 0. The minimum absolute atomic E-state index is 0.167. The Balaban J connectivity index is 1.97. The van der Waals surface area contributed by atoms with Crippen LogP contribution < -0.4 is 5.43 Å². The van der Waals surface area contributed by atoms with Gasteiger partial charge in [-0.1, -0.05) is 0 Å². The van der Waals surface area contributed by atoms with Gasteiger partial charge in [-0.25, -0.2) is 5.43 Å². The Morgan fingerprint density at radius 3 is 2.82 bits per heavy atom. The van der Waals surface area contributed by atoms with Crippen molar-refractivity contribution in [1.29, 1.82) is 0 Å². The molecule has 1 N–H and O–H groups in total. The van der Waals surface area contributed by atoms with Crippen molar-refractivity contribution < 1.29 is 4.79 Å². The molecule has 0 aliphatic rings. The molecule has 0 saturated carbocycles. The predicted octanol–water partition coefficient (Wildman–Crippen LogP) is 3.19. The van der Waals surface area contributed by atoms with Crippen molar-refractivity contribution in [3.05, 3.63) is 43.8 Å². The molecule has 0 aromatic carbocycles. The van der Waals surface area contributed by atoms with E-state index in [0.717, 1.165) is 9.75 Å². The van der Waals surface area contributed by atoms with Gasteiger partial charge >= 0.3 is 0 Å². The van der Waals surface area contributed by atoms with Gasteiger partial charge < -0.3 is 0 Å². The molecular formula is C12H12N2OS2. The third kappa shape index (κ3) is 3.01. The van der Waals surface area contributed by atoms with Crippen molar-refractivity contribution in [3.8, 4) is 0 Å². The van der Waals surface area contributed by atoms with Crippen LogP contribution in [-0.2, 0) is 0 Å². The standard InChI is InChI=1S/C12H12N2OS2/c1-8-3-4-16-11(8)6-13-14-12(15)10-5-9(2)17-7-10/h3-7H,1-2H3,(H,14,15). The van der Waals surface area contributed by atoms with E-state index >= 15 is 0 Å². The van der Waals surface area contributed by atoms with Crippen LogP contribution in [0.1, 0.15) is 25.7 Å². The fourth-order valence-corrected chi connectivity index (χ4v) is 2.76. The maximum atomic E-state index is 11.7. The van der Waals surface area contributed by atoms with Gasteiger partial charge in [0.25, 0.3) is 5.91 Å². The van der Waals surface area contributed by atoms with E-state index in [1.165, 1.54) is 5.56 Å². The van der Waals surface area contributed by atoms with Crippen molar-refractivity contribution in [2.45, 2.75) is 13.8 Å². The van der Waals surface area contributed by atoms with E-state index in [4.69, 9.17) is 0 Å². The van der Waals surface area contributed by atoms with Crippen molar-refractivity contribution in [2.24, 2.45) is 5.10 Å². The average Bonchev–Trinajstić information content (AvgIpc) is 2.88. The Kier molecular flexibility index (Phi) is 3.71. The van der Waals surface area contributed by atoms with E-state index in [9.17, 15) is 4.79 Å². The normalized spacial score (nSPS) is 10.9. The highest BCUT2D eigenvalue weighted by molar-refractivity contribution is 7.11. The number of hydrogen-bond donors (Lipinski definition) is 1. The number of rotatable bonds is 3. The van der Waals surface area contributed by atoms with Crippen LogP contribution in [-0.4, -0.2) is 12.1 Å². The fraction of sp³-hybridized carbons (Fsp3) is 0.167. The quantitative estimate of drug-likeness (QED) is 0.671. The maximum Gasteiger partial charge on any atom is 0.272 e. The van der Waals surface area contributed by atoms with Crippen molar-refractivity contribution >= 4 is 34.8 Å². The lowest BCUT2D eigenvalue weighted by molar-refractivity contribution is 0.0955. The lowest BCUT2D eigenvalue weighted by atomic mass is 10.3. The first-order valence-electron chi connectivity index (χ1n) is 5.09. The summed E-state index contributed by atoms with van der Waals surface area (Å²) in [4.78, 5) is 13.8. The van der Waals surface area contributed by atoms with Crippen LogP contribution >= 0.6 is 22.7 Å². The molecule has 3 nitrogen and oxygen atoms in total. The second-order valence-electron chi connectivity index (χ2n) is 3.61. The Hall–Kier alpha value is -1.46. The molecule has 0 unspecified atom stereocenters. The SMILES string of the molecule is Cc1cc(C(=O)NN=Cc2sccc2C)cs1. The van der Waals surface area contributed by atoms with Crippen molar-refractivity contribution in [2.75, 3.05) is 0 Å². The summed E-state index contributed by atoms with van der Waals surface area (Å²) in [6, 6.07) is 3.88. The van der Waals surface area contributed by atoms with Gasteiger partial charge in [0.05, 0.1) is 11.8 Å². The van der Waals surface area contributed by atoms with Crippen LogP contribution in [0.4, 0.5) is 0 Å².